The van der Waals surface area contributed by atoms with E-state index in [1.807, 2.05) is 12.1 Å². The van der Waals surface area contributed by atoms with Crippen LogP contribution in [0, 0.1) is 0 Å². The van der Waals surface area contributed by atoms with Crippen LogP contribution in [0.4, 0.5) is 0 Å². The molecule has 1 aromatic heterocycles. The van der Waals surface area contributed by atoms with Crippen LogP contribution < -0.4 is 5.73 Å². The van der Waals surface area contributed by atoms with Gasteiger partial charge < -0.3 is 10.6 Å². The molecule has 1 amide bonds. The van der Waals surface area contributed by atoms with Crippen LogP contribution in [0.25, 0.3) is 0 Å². The number of pyridine rings is 1. The number of piperidine rings is 1. The summed E-state index contributed by atoms with van der Waals surface area (Å²) in [6.45, 7) is 0. The molecule has 4 heteroatoms. The maximum absolute atomic E-state index is 12.4. The summed E-state index contributed by atoms with van der Waals surface area (Å²) in [6, 6.07) is 4.87. The highest BCUT2D eigenvalue weighted by Crippen LogP contribution is 2.35. The summed E-state index contributed by atoms with van der Waals surface area (Å²) >= 11 is 0. The summed E-state index contributed by atoms with van der Waals surface area (Å²) in [4.78, 5) is 18.5. The van der Waals surface area contributed by atoms with Crippen LogP contribution in [0.3, 0.4) is 0 Å². The summed E-state index contributed by atoms with van der Waals surface area (Å²) < 4.78 is 0. The molecule has 1 aromatic rings. The highest BCUT2D eigenvalue weighted by atomic mass is 16.2. The molecule has 2 atom stereocenters. The van der Waals surface area contributed by atoms with Crippen LogP contribution in [-0.2, 0) is 11.2 Å². The lowest BCUT2D eigenvalue weighted by Gasteiger charge is -2.37. The van der Waals surface area contributed by atoms with Crippen molar-refractivity contribution >= 4 is 5.91 Å². The lowest BCUT2D eigenvalue weighted by atomic mass is 9.97. The number of carbonyl (C=O) groups is 1. The van der Waals surface area contributed by atoms with E-state index in [4.69, 9.17) is 5.73 Å². The molecule has 0 spiro atoms. The predicted molar refractivity (Wildman–Crippen MR) is 68.8 cm³/mol. The van der Waals surface area contributed by atoms with E-state index in [1.165, 1.54) is 0 Å². The molecule has 18 heavy (non-hydrogen) atoms. The zero-order valence-corrected chi connectivity index (χ0v) is 10.5. The molecule has 96 valence electrons. The lowest BCUT2D eigenvalue weighted by Crippen LogP contribution is -2.50. The van der Waals surface area contributed by atoms with Crippen LogP contribution >= 0.6 is 0 Å². The predicted octanol–water partition coefficient (Wildman–Crippen LogP) is 1.10. The van der Waals surface area contributed by atoms with Crippen LogP contribution in [-0.4, -0.2) is 33.9 Å². The van der Waals surface area contributed by atoms with Crippen molar-refractivity contribution in [3.05, 3.63) is 30.1 Å². The molecule has 2 N–H and O–H groups in total. The second-order valence-electron chi connectivity index (χ2n) is 5.45. The number of rotatable bonds is 2. The molecule has 4 nitrogen and oxygen atoms in total. The molecular weight excluding hydrogens is 226 g/mol. The Kier molecular flexibility index (Phi) is 3.04. The van der Waals surface area contributed by atoms with E-state index in [2.05, 4.69) is 9.88 Å². The first kappa shape index (κ1) is 11.7. The van der Waals surface area contributed by atoms with Gasteiger partial charge in [0.05, 0.1) is 6.42 Å². The topological polar surface area (TPSA) is 59.2 Å². The van der Waals surface area contributed by atoms with Crippen molar-refractivity contribution in [1.82, 2.24) is 9.88 Å². The molecule has 2 saturated heterocycles. The number of carbonyl (C=O) groups excluding carboxylic acids is 1. The quantitative estimate of drug-likeness (QED) is 0.849. The van der Waals surface area contributed by atoms with E-state index < -0.39 is 0 Å². The van der Waals surface area contributed by atoms with Gasteiger partial charge in [-0.3, -0.25) is 9.78 Å². The molecule has 0 aliphatic carbocycles. The van der Waals surface area contributed by atoms with E-state index in [1.54, 1.807) is 12.4 Å². The first-order chi connectivity index (χ1) is 8.74. The highest BCUT2D eigenvalue weighted by Gasteiger charge is 2.41. The van der Waals surface area contributed by atoms with Crippen molar-refractivity contribution in [3.63, 3.8) is 0 Å². The fraction of sp³-hybridized carbons (Fsp3) is 0.571. The third kappa shape index (κ3) is 2.12. The average molecular weight is 245 g/mol. The minimum atomic E-state index is 0.251. The second-order valence-corrected chi connectivity index (χ2v) is 5.45. The van der Waals surface area contributed by atoms with Gasteiger partial charge >= 0.3 is 0 Å². The largest absolute Gasteiger partial charge is 0.336 e. The molecule has 2 aliphatic heterocycles. The normalized spacial score (nSPS) is 30.5. The van der Waals surface area contributed by atoms with E-state index in [0.29, 0.717) is 18.5 Å². The zero-order chi connectivity index (χ0) is 12.5. The Bertz CT molecular complexity index is 420. The fourth-order valence-corrected chi connectivity index (χ4v) is 3.39. The molecular formula is C14H19N3O. The van der Waals surface area contributed by atoms with Crippen LogP contribution in [0.1, 0.15) is 31.2 Å². The molecule has 2 aliphatic rings. The maximum atomic E-state index is 12.4. The van der Waals surface area contributed by atoms with Crippen LogP contribution in [0.5, 0.6) is 0 Å². The van der Waals surface area contributed by atoms with Gasteiger partial charge in [0.25, 0.3) is 0 Å². The van der Waals surface area contributed by atoms with Gasteiger partial charge in [-0.05, 0) is 43.4 Å². The third-order valence-corrected chi connectivity index (χ3v) is 4.16. The third-order valence-electron chi connectivity index (χ3n) is 4.16. The minimum Gasteiger partial charge on any atom is -0.336 e. The standard InChI is InChI=1S/C14H19N3O/c15-11-8-12-1-2-13(9-11)17(12)14(18)7-10-3-5-16-6-4-10/h3-6,11-13H,1-2,7-9,15H2. The van der Waals surface area contributed by atoms with Crippen molar-refractivity contribution in [2.45, 2.75) is 50.2 Å². The Morgan fingerprint density at radius 3 is 2.50 bits per heavy atom. The smallest absolute Gasteiger partial charge is 0.227 e. The molecule has 0 aromatic carbocycles. The Labute approximate surface area is 107 Å². The fourth-order valence-electron chi connectivity index (χ4n) is 3.39. The van der Waals surface area contributed by atoms with Gasteiger partial charge in [0.15, 0.2) is 0 Å². The van der Waals surface area contributed by atoms with Gasteiger partial charge in [0.1, 0.15) is 0 Å². The number of aromatic nitrogens is 1. The first-order valence-corrected chi connectivity index (χ1v) is 6.69. The number of hydrogen-bond acceptors (Lipinski definition) is 3. The van der Waals surface area contributed by atoms with Gasteiger partial charge in [0.2, 0.25) is 5.91 Å². The van der Waals surface area contributed by atoms with Gasteiger partial charge in [0, 0.05) is 30.5 Å². The Hall–Kier alpha value is -1.42. The first-order valence-electron chi connectivity index (χ1n) is 6.69. The highest BCUT2D eigenvalue weighted by molar-refractivity contribution is 5.79. The Morgan fingerprint density at radius 1 is 1.28 bits per heavy atom. The van der Waals surface area contributed by atoms with Gasteiger partial charge in [-0.15, -0.1) is 0 Å². The van der Waals surface area contributed by atoms with E-state index in [-0.39, 0.29) is 11.9 Å². The summed E-state index contributed by atoms with van der Waals surface area (Å²) in [7, 11) is 0. The maximum Gasteiger partial charge on any atom is 0.227 e. The molecule has 3 rings (SSSR count). The summed E-state index contributed by atoms with van der Waals surface area (Å²) in [6.07, 6.45) is 8.16. The minimum absolute atomic E-state index is 0.251. The number of nitrogens with two attached hydrogens (primary N) is 1. The number of amides is 1. The number of hydrogen-bond donors (Lipinski definition) is 1. The summed E-state index contributed by atoms with van der Waals surface area (Å²) in [5.41, 5.74) is 7.07. The van der Waals surface area contributed by atoms with Crippen molar-refractivity contribution in [2.75, 3.05) is 0 Å². The van der Waals surface area contributed by atoms with E-state index in [9.17, 15) is 4.79 Å². The van der Waals surface area contributed by atoms with E-state index in [0.717, 1.165) is 31.2 Å². The van der Waals surface area contributed by atoms with Gasteiger partial charge in [-0.25, -0.2) is 0 Å². The van der Waals surface area contributed by atoms with Crippen LogP contribution in [0.2, 0.25) is 0 Å². The number of fused-ring (bicyclic) bond motifs is 2. The molecule has 2 fully saturated rings. The summed E-state index contributed by atoms with van der Waals surface area (Å²) in [5, 5.41) is 0. The zero-order valence-electron chi connectivity index (χ0n) is 10.5. The van der Waals surface area contributed by atoms with E-state index >= 15 is 0 Å². The Morgan fingerprint density at radius 2 is 1.89 bits per heavy atom. The monoisotopic (exact) mass is 245 g/mol. The molecule has 2 bridgehead atoms. The van der Waals surface area contributed by atoms with Crippen molar-refractivity contribution in [2.24, 2.45) is 5.73 Å². The van der Waals surface area contributed by atoms with Crippen molar-refractivity contribution < 1.29 is 4.79 Å². The molecule has 3 heterocycles. The Balaban J connectivity index is 1.70. The van der Waals surface area contributed by atoms with Gasteiger partial charge in [-0.1, -0.05) is 0 Å². The van der Waals surface area contributed by atoms with Crippen molar-refractivity contribution in [1.29, 1.82) is 0 Å². The second kappa shape index (κ2) is 4.69. The molecule has 2 unspecified atom stereocenters. The SMILES string of the molecule is NC1CC2CCC(C1)N2C(=O)Cc1ccncc1. The molecule has 0 saturated carbocycles. The average Bonchev–Trinajstić information content (AvgIpc) is 2.63. The molecule has 0 radical (unpaired) electrons. The number of nitrogens with zero attached hydrogens (tertiary/aromatic N) is 2. The van der Waals surface area contributed by atoms with Crippen LogP contribution in [0.15, 0.2) is 24.5 Å². The lowest BCUT2D eigenvalue weighted by molar-refractivity contribution is -0.135. The van der Waals surface area contributed by atoms with Crippen molar-refractivity contribution in [3.8, 4) is 0 Å². The summed E-state index contributed by atoms with van der Waals surface area (Å²) in [5.74, 6) is 0.251. The van der Waals surface area contributed by atoms with Gasteiger partial charge in [-0.2, -0.15) is 0 Å².